The van der Waals surface area contributed by atoms with Crippen molar-refractivity contribution in [2.24, 2.45) is 0 Å². The van der Waals surface area contributed by atoms with Gasteiger partial charge < -0.3 is 4.74 Å². The fraction of sp³-hybridized carbons (Fsp3) is 0.520. The normalized spacial score (nSPS) is 22.9. The summed E-state index contributed by atoms with van der Waals surface area (Å²) in [5.74, 6) is 1.49. The molecule has 1 aliphatic carbocycles. The highest BCUT2D eigenvalue weighted by Crippen LogP contribution is 2.36. The van der Waals surface area contributed by atoms with Crippen LogP contribution < -0.4 is 4.74 Å². The van der Waals surface area contributed by atoms with Crippen molar-refractivity contribution in [3.8, 4) is 16.9 Å². The van der Waals surface area contributed by atoms with Gasteiger partial charge in [-0.25, -0.2) is 0 Å². The first-order chi connectivity index (χ1) is 13.1. The second-order valence-electron chi connectivity index (χ2n) is 8.72. The number of benzene rings is 2. The Balaban J connectivity index is 1.62. The fourth-order valence-electron chi connectivity index (χ4n) is 4.99. The molecule has 1 saturated heterocycles. The molecule has 144 valence electrons. The Hall–Kier alpha value is -1.80. The Morgan fingerprint density at radius 1 is 1.04 bits per heavy atom. The zero-order valence-corrected chi connectivity index (χ0v) is 17.3. The molecule has 0 spiro atoms. The summed E-state index contributed by atoms with van der Waals surface area (Å²) in [7, 11) is 1.77. The first kappa shape index (κ1) is 18.6. The van der Waals surface area contributed by atoms with Gasteiger partial charge >= 0.3 is 0 Å². The molecule has 2 aliphatic rings. The molecule has 2 atom stereocenters. The second kappa shape index (κ2) is 7.67. The number of ether oxygens (including phenoxy) is 1. The molecule has 0 saturated carbocycles. The van der Waals surface area contributed by atoms with Crippen LogP contribution in [0.25, 0.3) is 11.1 Å². The van der Waals surface area contributed by atoms with Crippen LogP contribution in [0.1, 0.15) is 62.6 Å². The SMILES string of the molecule is COc1ccc(C(C)C)cc1-c1ccc2c(c1)CCC(N1CCCC1C)C2. The molecule has 4 rings (SSSR count). The lowest BCUT2D eigenvalue weighted by Gasteiger charge is -2.35. The van der Waals surface area contributed by atoms with Crippen LogP contribution in [0.5, 0.6) is 5.75 Å². The maximum Gasteiger partial charge on any atom is 0.126 e. The highest BCUT2D eigenvalue weighted by atomic mass is 16.5. The Morgan fingerprint density at radius 2 is 1.89 bits per heavy atom. The number of aryl methyl sites for hydroxylation is 1. The zero-order chi connectivity index (χ0) is 19.0. The molecule has 2 heteroatoms. The van der Waals surface area contributed by atoms with Crippen molar-refractivity contribution in [1.82, 2.24) is 4.90 Å². The first-order valence-corrected chi connectivity index (χ1v) is 10.6. The molecular formula is C25H33NO. The Morgan fingerprint density at radius 3 is 2.59 bits per heavy atom. The summed E-state index contributed by atoms with van der Waals surface area (Å²) in [5.41, 5.74) is 6.97. The standard InChI is InChI=1S/C25H33NO/c1-17(2)19-10-12-25(27-4)24(16-19)22-8-7-21-15-23(11-9-20(21)14-22)26-13-5-6-18(26)3/h7-8,10,12,14,16-18,23H,5-6,9,11,13,15H2,1-4H3. The molecule has 1 heterocycles. The van der Waals surface area contributed by atoms with Crippen LogP contribution in [0, 0.1) is 0 Å². The molecule has 0 radical (unpaired) electrons. The molecule has 2 nitrogen and oxygen atoms in total. The van der Waals surface area contributed by atoms with Crippen molar-refractivity contribution >= 4 is 0 Å². The van der Waals surface area contributed by atoms with Gasteiger partial charge in [-0.1, -0.05) is 38.1 Å². The van der Waals surface area contributed by atoms with E-state index in [-0.39, 0.29) is 0 Å². The van der Waals surface area contributed by atoms with Gasteiger partial charge in [0, 0.05) is 17.6 Å². The number of fused-ring (bicyclic) bond motifs is 1. The van der Waals surface area contributed by atoms with Crippen LogP contribution >= 0.6 is 0 Å². The number of hydrogen-bond acceptors (Lipinski definition) is 2. The molecule has 0 aromatic heterocycles. The summed E-state index contributed by atoms with van der Waals surface area (Å²) < 4.78 is 5.67. The molecular weight excluding hydrogens is 330 g/mol. The largest absolute Gasteiger partial charge is 0.496 e. The molecule has 2 aromatic rings. The Kier molecular flexibility index (Phi) is 5.27. The Bertz CT molecular complexity index is 810. The van der Waals surface area contributed by atoms with Crippen LogP contribution in [0.3, 0.4) is 0 Å². The van der Waals surface area contributed by atoms with Crippen molar-refractivity contribution in [3.63, 3.8) is 0 Å². The van der Waals surface area contributed by atoms with Crippen LogP contribution in [-0.2, 0) is 12.8 Å². The van der Waals surface area contributed by atoms with Gasteiger partial charge in [0.25, 0.3) is 0 Å². The number of likely N-dealkylation sites (tertiary alicyclic amines) is 1. The van der Waals surface area contributed by atoms with Crippen molar-refractivity contribution in [2.45, 2.75) is 70.9 Å². The lowest BCUT2D eigenvalue weighted by molar-refractivity contribution is 0.174. The van der Waals surface area contributed by atoms with Crippen molar-refractivity contribution in [1.29, 1.82) is 0 Å². The van der Waals surface area contributed by atoms with E-state index in [1.807, 2.05) is 0 Å². The maximum absolute atomic E-state index is 5.67. The molecule has 0 N–H and O–H groups in total. The van der Waals surface area contributed by atoms with Gasteiger partial charge in [-0.05, 0) is 85.9 Å². The average molecular weight is 364 g/mol. The first-order valence-electron chi connectivity index (χ1n) is 10.6. The smallest absolute Gasteiger partial charge is 0.126 e. The zero-order valence-electron chi connectivity index (χ0n) is 17.3. The predicted octanol–water partition coefficient (Wildman–Crippen LogP) is 5.83. The van der Waals surface area contributed by atoms with Crippen LogP contribution in [0.4, 0.5) is 0 Å². The highest BCUT2D eigenvalue weighted by Gasteiger charge is 2.30. The third-order valence-electron chi connectivity index (χ3n) is 6.68. The van der Waals surface area contributed by atoms with E-state index in [1.165, 1.54) is 60.9 Å². The molecule has 1 aliphatic heterocycles. The lowest BCUT2D eigenvalue weighted by Crippen LogP contribution is -2.41. The maximum atomic E-state index is 5.67. The number of nitrogens with zero attached hydrogens (tertiary/aromatic N) is 1. The summed E-state index contributed by atoms with van der Waals surface area (Å²) in [4.78, 5) is 2.76. The van der Waals surface area contributed by atoms with Crippen LogP contribution in [0.15, 0.2) is 36.4 Å². The molecule has 1 fully saturated rings. The molecule has 0 amide bonds. The van der Waals surface area contributed by atoms with E-state index in [1.54, 1.807) is 12.7 Å². The minimum absolute atomic E-state index is 0.524. The minimum atomic E-state index is 0.524. The summed E-state index contributed by atoms with van der Waals surface area (Å²) in [6, 6.07) is 15.2. The van der Waals surface area contributed by atoms with Gasteiger partial charge in [0.2, 0.25) is 0 Å². The van der Waals surface area contributed by atoms with E-state index in [4.69, 9.17) is 4.74 Å². The van der Waals surface area contributed by atoms with E-state index < -0.39 is 0 Å². The third kappa shape index (κ3) is 3.65. The van der Waals surface area contributed by atoms with Crippen LogP contribution in [-0.4, -0.2) is 30.6 Å². The summed E-state index contributed by atoms with van der Waals surface area (Å²) in [6.45, 7) is 8.19. The van der Waals surface area contributed by atoms with Gasteiger partial charge in [0.05, 0.1) is 7.11 Å². The predicted molar refractivity (Wildman–Crippen MR) is 114 cm³/mol. The van der Waals surface area contributed by atoms with Crippen LogP contribution in [0.2, 0.25) is 0 Å². The van der Waals surface area contributed by atoms with Crippen molar-refractivity contribution in [3.05, 3.63) is 53.1 Å². The Labute approximate surface area is 164 Å². The molecule has 27 heavy (non-hydrogen) atoms. The van der Waals surface area contributed by atoms with E-state index in [2.05, 4.69) is 62.1 Å². The molecule has 2 aromatic carbocycles. The topological polar surface area (TPSA) is 12.5 Å². The highest BCUT2D eigenvalue weighted by molar-refractivity contribution is 5.72. The van der Waals surface area contributed by atoms with Crippen molar-refractivity contribution < 1.29 is 4.74 Å². The molecule has 0 bridgehead atoms. The van der Waals surface area contributed by atoms with Gasteiger partial charge in [-0.15, -0.1) is 0 Å². The van der Waals surface area contributed by atoms with E-state index in [0.29, 0.717) is 5.92 Å². The molecule has 2 unspecified atom stereocenters. The van der Waals surface area contributed by atoms with Gasteiger partial charge in [0.15, 0.2) is 0 Å². The fourth-order valence-corrected chi connectivity index (χ4v) is 4.99. The van der Waals surface area contributed by atoms with Gasteiger partial charge in [0.1, 0.15) is 5.75 Å². The number of rotatable bonds is 4. The number of hydrogen-bond donors (Lipinski definition) is 0. The summed E-state index contributed by atoms with van der Waals surface area (Å²) in [5, 5.41) is 0. The monoisotopic (exact) mass is 363 g/mol. The lowest BCUT2D eigenvalue weighted by atomic mass is 9.85. The van der Waals surface area contributed by atoms with E-state index >= 15 is 0 Å². The summed E-state index contributed by atoms with van der Waals surface area (Å²) >= 11 is 0. The second-order valence-corrected chi connectivity index (χ2v) is 8.72. The van der Waals surface area contributed by atoms with E-state index in [0.717, 1.165) is 17.8 Å². The van der Waals surface area contributed by atoms with Gasteiger partial charge in [-0.3, -0.25) is 4.90 Å². The average Bonchev–Trinajstić information content (AvgIpc) is 3.12. The van der Waals surface area contributed by atoms with Crippen molar-refractivity contribution in [2.75, 3.05) is 13.7 Å². The summed E-state index contributed by atoms with van der Waals surface area (Å²) in [6.07, 6.45) is 6.44. The number of methoxy groups -OCH3 is 1. The van der Waals surface area contributed by atoms with E-state index in [9.17, 15) is 0 Å². The quantitative estimate of drug-likeness (QED) is 0.678. The minimum Gasteiger partial charge on any atom is -0.496 e. The third-order valence-corrected chi connectivity index (χ3v) is 6.68. The van der Waals surface area contributed by atoms with Gasteiger partial charge in [-0.2, -0.15) is 0 Å².